The van der Waals surface area contributed by atoms with E-state index in [0.717, 1.165) is 19.4 Å². The van der Waals surface area contributed by atoms with Gasteiger partial charge in [0.2, 0.25) is 0 Å². The van der Waals surface area contributed by atoms with Gasteiger partial charge in [-0.05, 0) is 25.8 Å². The van der Waals surface area contributed by atoms with Crippen LogP contribution in [0.2, 0.25) is 0 Å². The molecule has 10 heteroatoms. The summed E-state index contributed by atoms with van der Waals surface area (Å²) in [4.78, 5) is 25.8. The fourth-order valence-corrected chi connectivity index (χ4v) is 5.99. The molecule has 0 amide bonds. The van der Waals surface area contributed by atoms with Crippen LogP contribution >= 0.6 is 0 Å². The minimum absolute atomic E-state index is 0.0418. The van der Waals surface area contributed by atoms with E-state index in [0.29, 0.717) is 51.0 Å². The van der Waals surface area contributed by atoms with Crippen molar-refractivity contribution in [1.82, 2.24) is 14.9 Å². The topological polar surface area (TPSA) is 67.8 Å². The number of Topliss-reactive ketones (excluding diaryl/α,β-unsaturated/α-hetero) is 1. The SMILES string of the molecule is O=C1C[C@H]2COCCCN2c2nc(OC[C@@]34CCCN3C[C@H](F)C4)nc3c(F)cc(F)c1c23. The summed E-state index contributed by atoms with van der Waals surface area (Å²) >= 11 is 0. The molecule has 3 atom stereocenters. The van der Waals surface area contributed by atoms with Gasteiger partial charge in [-0.15, -0.1) is 0 Å². The monoisotopic (exact) mass is 462 g/mol. The molecule has 3 fully saturated rings. The summed E-state index contributed by atoms with van der Waals surface area (Å²) in [7, 11) is 0. The second kappa shape index (κ2) is 7.80. The van der Waals surface area contributed by atoms with E-state index in [4.69, 9.17) is 9.47 Å². The zero-order valence-corrected chi connectivity index (χ0v) is 18.2. The van der Waals surface area contributed by atoms with Gasteiger partial charge in [0, 0.05) is 38.6 Å². The number of halogens is 3. The van der Waals surface area contributed by atoms with Crippen LogP contribution in [-0.4, -0.2) is 77.9 Å². The van der Waals surface area contributed by atoms with Crippen molar-refractivity contribution in [1.29, 1.82) is 0 Å². The van der Waals surface area contributed by atoms with Gasteiger partial charge in [-0.2, -0.15) is 9.97 Å². The van der Waals surface area contributed by atoms with Crippen LogP contribution < -0.4 is 9.64 Å². The van der Waals surface area contributed by atoms with Crippen LogP contribution in [0.15, 0.2) is 6.07 Å². The van der Waals surface area contributed by atoms with E-state index in [2.05, 4.69) is 14.9 Å². The van der Waals surface area contributed by atoms with Gasteiger partial charge in [0.15, 0.2) is 11.6 Å². The van der Waals surface area contributed by atoms with Crippen molar-refractivity contribution in [3.05, 3.63) is 23.3 Å². The molecule has 0 saturated carbocycles. The van der Waals surface area contributed by atoms with Crippen molar-refractivity contribution in [2.45, 2.75) is 49.9 Å². The number of rotatable bonds is 3. The Hall–Kier alpha value is -2.46. The molecule has 176 valence electrons. The Bertz CT molecular complexity index is 1130. The fraction of sp³-hybridized carbons (Fsp3) is 0.609. The lowest BCUT2D eigenvalue weighted by Gasteiger charge is -2.31. The number of carbonyl (C=O) groups is 1. The molecular weight excluding hydrogens is 437 g/mol. The van der Waals surface area contributed by atoms with Gasteiger partial charge in [0.25, 0.3) is 0 Å². The van der Waals surface area contributed by atoms with Gasteiger partial charge < -0.3 is 14.4 Å². The highest BCUT2D eigenvalue weighted by molar-refractivity contribution is 6.12. The van der Waals surface area contributed by atoms with E-state index in [9.17, 15) is 18.0 Å². The molecule has 0 aliphatic carbocycles. The number of hydrogen-bond donors (Lipinski definition) is 0. The summed E-state index contributed by atoms with van der Waals surface area (Å²) in [5.74, 6) is -1.92. The van der Waals surface area contributed by atoms with Crippen LogP contribution in [0.5, 0.6) is 6.01 Å². The Balaban J connectivity index is 1.45. The molecule has 7 nitrogen and oxygen atoms in total. The molecule has 4 aliphatic rings. The van der Waals surface area contributed by atoms with Gasteiger partial charge in [-0.3, -0.25) is 9.69 Å². The quantitative estimate of drug-likeness (QED) is 0.695. The van der Waals surface area contributed by atoms with Gasteiger partial charge >= 0.3 is 6.01 Å². The Kier molecular flexibility index (Phi) is 4.99. The van der Waals surface area contributed by atoms with E-state index in [1.54, 1.807) is 0 Å². The number of ether oxygens (including phenoxy) is 2. The van der Waals surface area contributed by atoms with Gasteiger partial charge in [-0.25, -0.2) is 13.2 Å². The maximum atomic E-state index is 14.9. The van der Waals surface area contributed by atoms with Crippen molar-refractivity contribution >= 4 is 22.5 Å². The van der Waals surface area contributed by atoms with Crippen LogP contribution in [0, 0.1) is 11.6 Å². The highest BCUT2D eigenvalue weighted by Crippen LogP contribution is 2.41. The maximum Gasteiger partial charge on any atom is 0.319 e. The number of nitrogens with zero attached hydrogens (tertiary/aromatic N) is 4. The fourth-order valence-electron chi connectivity index (χ4n) is 5.99. The van der Waals surface area contributed by atoms with E-state index in [1.807, 2.05) is 4.90 Å². The van der Waals surface area contributed by atoms with Gasteiger partial charge in [0.1, 0.15) is 29.9 Å². The Labute approximate surface area is 188 Å². The molecular formula is C23H25F3N4O3. The second-order valence-corrected chi connectivity index (χ2v) is 9.54. The number of hydrogen-bond acceptors (Lipinski definition) is 7. The van der Waals surface area contributed by atoms with Crippen molar-refractivity contribution in [2.75, 3.05) is 44.4 Å². The van der Waals surface area contributed by atoms with E-state index in [1.165, 1.54) is 0 Å². The number of fused-ring (bicyclic) bond motifs is 3. The molecule has 5 heterocycles. The molecule has 0 unspecified atom stereocenters. The summed E-state index contributed by atoms with van der Waals surface area (Å²) in [5.41, 5.74) is -0.730. The Morgan fingerprint density at radius 1 is 1.21 bits per heavy atom. The maximum absolute atomic E-state index is 14.9. The third-order valence-electron chi connectivity index (χ3n) is 7.48. The minimum atomic E-state index is -0.914. The number of aromatic nitrogens is 2. The largest absolute Gasteiger partial charge is 0.461 e. The summed E-state index contributed by atoms with van der Waals surface area (Å²) in [5, 5.41) is 0.0830. The summed E-state index contributed by atoms with van der Waals surface area (Å²) in [6, 6.07) is 0.313. The molecule has 1 aromatic heterocycles. The van der Waals surface area contributed by atoms with Gasteiger partial charge in [0.05, 0.1) is 29.1 Å². The molecule has 0 radical (unpaired) electrons. The zero-order valence-electron chi connectivity index (χ0n) is 18.2. The molecule has 1 aromatic carbocycles. The highest BCUT2D eigenvalue weighted by Gasteiger charge is 2.49. The Morgan fingerprint density at radius 2 is 2.09 bits per heavy atom. The normalized spacial score (nSPS) is 29.7. The summed E-state index contributed by atoms with van der Waals surface area (Å²) < 4.78 is 55.5. The molecule has 0 bridgehead atoms. The lowest BCUT2D eigenvalue weighted by molar-refractivity contribution is 0.0929. The first kappa shape index (κ1) is 21.1. The molecule has 6 rings (SSSR count). The van der Waals surface area contributed by atoms with Crippen molar-refractivity contribution in [2.24, 2.45) is 0 Å². The molecule has 3 saturated heterocycles. The molecule has 4 aliphatic heterocycles. The van der Waals surface area contributed by atoms with Gasteiger partial charge in [-0.1, -0.05) is 0 Å². The zero-order chi connectivity index (χ0) is 22.7. The van der Waals surface area contributed by atoms with Crippen LogP contribution in [0.1, 0.15) is 42.5 Å². The van der Waals surface area contributed by atoms with Crippen LogP contribution in [-0.2, 0) is 4.74 Å². The average molecular weight is 462 g/mol. The number of carbonyl (C=O) groups excluding carboxylic acids is 1. The molecule has 33 heavy (non-hydrogen) atoms. The third-order valence-corrected chi connectivity index (χ3v) is 7.48. The number of ketones is 1. The van der Waals surface area contributed by atoms with Crippen LogP contribution in [0.25, 0.3) is 10.9 Å². The predicted molar refractivity (Wildman–Crippen MR) is 114 cm³/mol. The first-order valence-corrected chi connectivity index (χ1v) is 11.5. The van der Waals surface area contributed by atoms with E-state index >= 15 is 0 Å². The van der Waals surface area contributed by atoms with Crippen molar-refractivity contribution in [3.8, 4) is 6.01 Å². The van der Waals surface area contributed by atoms with E-state index < -0.39 is 29.1 Å². The number of anilines is 1. The molecule has 0 spiro atoms. The minimum Gasteiger partial charge on any atom is -0.461 e. The first-order chi connectivity index (χ1) is 15.9. The first-order valence-electron chi connectivity index (χ1n) is 11.5. The lowest BCUT2D eigenvalue weighted by Crippen LogP contribution is -2.43. The molecule has 2 aromatic rings. The molecule has 0 N–H and O–H groups in total. The predicted octanol–water partition coefficient (Wildman–Crippen LogP) is 3.04. The van der Waals surface area contributed by atoms with Crippen LogP contribution in [0.4, 0.5) is 19.0 Å². The van der Waals surface area contributed by atoms with Crippen molar-refractivity contribution < 1.29 is 27.4 Å². The third kappa shape index (κ3) is 3.37. The summed E-state index contributed by atoms with van der Waals surface area (Å²) in [6.45, 7) is 2.76. The summed E-state index contributed by atoms with van der Waals surface area (Å²) in [6.07, 6.45) is 2.00. The lowest BCUT2D eigenvalue weighted by atomic mass is 9.95. The van der Waals surface area contributed by atoms with Crippen LogP contribution in [0.3, 0.4) is 0 Å². The second-order valence-electron chi connectivity index (χ2n) is 9.54. The standard InChI is InChI=1S/C23H25F3N4O3/c24-13-9-23(3-1-4-29(23)10-13)12-33-22-27-20-16(26)8-15(25)18-17(31)7-14-11-32-6-2-5-30(14)21(28-22)19(18)20/h8,13-14H,1-7,9-12H2/t13-,14+,23+/m1/s1. The van der Waals surface area contributed by atoms with Crippen molar-refractivity contribution in [3.63, 3.8) is 0 Å². The smallest absolute Gasteiger partial charge is 0.319 e. The highest BCUT2D eigenvalue weighted by atomic mass is 19.1. The Morgan fingerprint density at radius 3 is 2.97 bits per heavy atom. The number of benzene rings is 1. The van der Waals surface area contributed by atoms with E-state index in [-0.39, 0.29) is 41.5 Å². The average Bonchev–Trinajstić information content (AvgIpc) is 3.14. The number of alkyl halides is 1.